The molecule has 1 heterocycles. The summed E-state index contributed by atoms with van der Waals surface area (Å²) in [5.41, 5.74) is 0.151. The van der Waals surface area contributed by atoms with Crippen molar-refractivity contribution >= 4 is 11.6 Å². The summed E-state index contributed by atoms with van der Waals surface area (Å²) >= 11 is 5.99. The van der Waals surface area contributed by atoms with Gasteiger partial charge in [0.15, 0.2) is 0 Å². The molecule has 0 spiro atoms. The van der Waals surface area contributed by atoms with E-state index in [1.807, 2.05) is 6.92 Å². The largest absolute Gasteiger partial charge is 0.508 e. The van der Waals surface area contributed by atoms with Gasteiger partial charge in [-0.25, -0.2) is 0 Å². The molecule has 0 bridgehead atoms. The van der Waals surface area contributed by atoms with E-state index in [0.29, 0.717) is 11.4 Å². The third-order valence-corrected chi connectivity index (χ3v) is 4.36. The summed E-state index contributed by atoms with van der Waals surface area (Å²) in [6.45, 7) is 3.86. The van der Waals surface area contributed by atoms with Crippen LogP contribution in [-0.2, 0) is 6.42 Å². The molecule has 1 atom stereocenters. The molecular formula is C16H21ClN2O. The standard InChI is InChI=1S/C16H21ClN2O/c1-16(12-18,19-8-4-2-3-5-9-19)11-13-10-14(17)6-7-15(13)20/h6-7,10,20H,2-5,8-9,11H2,1H3. The van der Waals surface area contributed by atoms with Crippen LogP contribution in [0.2, 0.25) is 5.02 Å². The molecule has 0 amide bonds. The van der Waals surface area contributed by atoms with E-state index in [2.05, 4.69) is 11.0 Å². The number of rotatable bonds is 3. The minimum atomic E-state index is -0.591. The van der Waals surface area contributed by atoms with Crippen molar-refractivity contribution in [3.63, 3.8) is 0 Å². The van der Waals surface area contributed by atoms with Crippen molar-refractivity contribution in [2.75, 3.05) is 13.1 Å². The summed E-state index contributed by atoms with van der Waals surface area (Å²) in [6.07, 6.45) is 5.24. The van der Waals surface area contributed by atoms with Gasteiger partial charge in [-0.1, -0.05) is 24.4 Å². The number of aromatic hydroxyl groups is 1. The van der Waals surface area contributed by atoms with Crippen molar-refractivity contribution in [3.05, 3.63) is 28.8 Å². The lowest BCUT2D eigenvalue weighted by molar-refractivity contribution is 0.157. The zero-order chi connectivity index (χ0) is 14.6. The van der Waals surface area contributed by atoms with Gasteiger partial charge in [0, 0.05) is 11.4 Å². The van der Waals surface area contributed by atoms with Crippen molar-refractivity contribution in [3.8, 4) is 11.8 Å². The average molecular weight is 293 g/mol. The smallest absolute Gasteiger partial charge is 0.118 e. The van der Waals surface area contributed by atoms with Gasteiger partial charge in [-0.15, -0.1) is 0 Å². The van der Waals surface area contributed by atoms with Gasteiger partial charge in [-0.3, -0.25) is 4.90 Å². The Kier molecular flexibility index (Phi) is 4.91. The third-order valence-electron chi connectivity index (χ3n) is 4.12. The first kappa shape index (κ1) is 15.2. The fourth-order valence-corrected chi connectivity index (χ4v) is 3.05. The molecule has 0 aliphatic carbocycles. The number of halogens is 1. The van der Waals surface area contributed by atoms with E-state index in [1.54, 1.807) is 18.2 Å². The zero-order valence-electron chi connectivity index (χ0n) is 11.9. The SMILES string of the molecule is CC(C#N)(Cc1cc(Cl)ccc1O)N1CCCCCC1. The Bertz CT molecular complexity index is 504. The molecule has 1 saturated heterocycles. The predicted molar refractivity (Wildman–Crippen MR) is 80.9 cm³/mol. The molecular weight excluding hydrogens is 272 g/mol. The number of nitrogens with zero attached hydrogens (tertiary/aromatic N) is 2. The molecule has 1 aromatic carbocycles. The highest BCUT2D eigenvalue weighted by atomic mass is 35.5. The molecule has 1 aromatic rings. The summed E-state index contributed by atoms with van der Waals surface area (Å²) in [5, 5.41) is 20.2. The van der Waals surface area contributed by atoms with Gasteiger partial charge in [0.05, 0.1) is 6.07 Å². The molecule has 1 aliphatic heterocycles. The lowest BCUT2D eigenvalue weighted by Crippen LogP contribution is -2.47. The molecule has 0 aromatic heterocycles. The molecule has 1 fully saturated rings. The molecule has 2 rings (SSSR count). The number of hydrogen-bond acceptors (Lipinski definition) is 3. The summed E-state index contributed by atoms with van der Waals surface area (Å²) in [7, 11) is 0. The molecule has 108 valence electrons. The van der Waals surface area contributed by atoms with Crippen LogP contribution in [0.5, 0.6) is 5.75 Å². The van der Waals surface area contributed by atoms with E-state index in [4.69, 9.17) is 11.6 Å². The first-order chi connectivity index (χ1) is 9.55. The molecule has 0 radical (unpaired) electrons. The number of likely N-dealkylation sites (tertiary alicyclic amines) is 1. The van der Waals surface area contributed by atoms with Crippen molar-refractivity contribution < 1.29 is 5.11 Å². The van der Waals surface area contributed by atoms with Gasteiger partial charge in [-0.2, -0.15) is 5.26 Å². The number of phenols is 1. The second-order valence-electron chi connectivity index (χ2n) is 5.74. The van der Waals surface area contributed by atoms with Gasteiger partial charge < -0.3 is 5.11 Å². The van der Waals surface area contributed by atoms with Crippen LogP contribution in [0.1, 0.15) is 38.2 Å². The minimum Gasteiger partial charge on any atom is -0.508 e. The molecule has 0 saturated carbocycles. The van der Waals surface area contributed by atoms with Gasteiger partial charge in [-0.05, 0) is 56.6 Å². The van der Waals surface area contributed by atoms with E-state index < -0.39 is 5.54 Å². The number of nitriles is 1. The first-order valence-corrected chi connectivity index (χ1v) is 7.57. The molecule has 20 heavy (non-hydrogen) atoms. The second kappa shape index (κ2) is 6.47. The Hall–Kier alpha value is -1.24. The fourth-order valence-electron chi connectivity index (χ4n) is 2.85. The highest BCUT2D eigenvalue weighted by molar-refractivity contribution is 6.30. The Balaban J connectivity index is 2.22. The second-order valence-corrected chi connectivity index (χ2v) is 6.17. The average Bonchev–Trinajstić information content (AvgIpc) is 2.72. The van der Waals surface area contributed by atoms with Gasteiger partial charge in [0.1, 0.15) is 11.3 Å². The lowest BCUT2D eigenvalue weighted by atomic mass is 9.91. The number of hydrogen-bond donors (Lipinski definition) is 1. The van der Waals surface area contributed by atoms with Crippen LogP contribution in [0.3, 0.4) is 0 Å². The highest BCUT2D eigenvalue weighted by Crippen LogP contribution is 2.29. The quantitative estimate of drug-likeness (QED) is 0.923. The normalized spacial score (nSPS) is 19.9. The summed E-state index contributed by atoms with van der Waals surface area (Å²) < 4.78 is 0. The van der Waals surface area contributed by atoms with Crippen LogP contribution in [0.4, 0.5) is 0 Å². The van der Waals surface area contributed by atoms with Crippen LogP contribution >= 0.6 is 11.6 Å². The summed E-state index contributed by atoms with van der Waals surface area (Å²) in [5.74, 6) is 0.214. The van der Waals surface area contributed by atoms with E-state index in [1.165, 1.54) is 12.8 Å². The van der Waals surface area contributed by atoms with Crippen molar-refractivity contribution in [1.82, 2.24) is 4.90 Å². The van der Waals surface area contributed by atoms with E-state index in [-0.39, 0.29) is 5.75 Å². The maximum Gasteiger partial charge on any atom is 0.118 e. The highest BCUT2D eigenvalue weighted by Gasteiger charge is 2.33. The van der Waals surface area contributed by atoms with E-state index >= 15 is 0 Å². The monoisotopic (exact) mass is 292 g/mol. The van der Waals surface area contributed by atoms with Crippen LogP contribution < -0.4 is 0 Å². The van der Waals surface area contributed by atoms with Gasteiger partial charge in [0.2, 0.25) is 0 Å². The lowest BCUT2D eigenvalue weighted by Gasteiger charge is -2.35. The first-order valence-electron chi connectivity index (χ1n) is 7.19. The molecule has 1 N–H and O–H groups in total. The van der Waals surface area contributed by atoms with Crippen LogP contribution in [0.15, 0.2) is 18.2 Å². The van der Waals surface area contributed by atoms with Crippen LogP contribution in [0.25, 0.3) is 0 Å². The number of benzene rings is 1. The van der Waals surface area contributed by atoms with Gasteiger partial charge in [0.25, 0.3) is 0 Å². The molecule has 1 unspecified atom stereocenters. The summed E-state index contributed by atoms with van der Waals surface area (Å²) in [4.78, 5) is 2.25. The van der Waals surface area contributed by atoms with Crippen molar-refractivity contribution in [2.45, 2.75) is 44.6 Å². The molecule has 3 nitrogen and oxygen atoms in total. The molecule has 4 heteroatoms. The van der Waals surface area contributed by atoms with Crippen LogP contribution in [-0.4, -0.2) is 28.6 Å². The maximum atomic E-state index is 9.96. The Morgan fingerprint density at radius 1 is 1.30 bits per heavy atom. The maximum absolute atomic E-state index is 9.96. The predicted octanol–water partition coefficient (Wildman–Crippen LogP) is 3.75. The minimum absolute atomic E-state index is 0.214. The topological polar surface area (TPSA) is 47.3 Å². The van der Waals surface area contributed by atoms with Crippen molar-refractivity contribution in [1.29, 1.82) is 5.26 Å². The Labute approximate surface area is 125 Å². The Morgan fingerprint density at radius 2 is 1.95 bits per heavy atom. The Morgan fingerprint density at radius 3 is 2.55 bits per heavy atom. The molecule has 1 aliphatic rings. The van der Waals surface area contributed by atoms with E-state index in [9.17, 15) is 10.4 Å². The fraction of sp³-hybridized carbons (Fsp3) is 0.562. The van der Waals surface area contributed by atoms with E-state index in [0.717, 1.165) is 31.5 Å². The summed E-state index contributed by atoms with van der Waals surface area (Å²) in [6, 6.07) is 7.45. The third kappa shape index (κ3) is 3.45. The van der Waals surface area contributed by atoms with Crippen molar-refractivity contribution in [2.24, 2.45) is 0 Å². The number of phenolic OH excluding ortho intramolecular Hbond substituents is 1. The van der Waals surface area contributed by atoms with Gasteiger partial charge >= 0.3 is 0 Å². The zero-order valence-corrected chi connectivity index (χ0v) is 12.7. The van der Waals surface area contributed by atoms with Crippen LogP contribution in [0, 0.1) is 11.3 Å².